The van der Waals surface area contributed by atoms with Crippen LogP contribution >= 0.6 is 11.6 Å². The highest BCUT2D eigenvalue weighted by Gasteiger charge is 2.52. The van der Waals surface area contributed by atoms with Crippen LogP contribution < -0.4 is 10.2 Å². The zero-order valence-corrected chi connectivity index (χ0v) is 19.3. The first-order valence-electron chi connectivity index (χ1n) is 10.7. The number of benzene rings is 2. The van der Waals surface area contributed by atoms with Crippen molar-refractivity contribution in [3.63, 3.8) is 0 Å². The van der Waals surface area contributed by atoms with Gasteiger partial charge < -0.3 is 15.1 Å². The van der Waals surface area contributed by atoms with Gasteiger partial charge in [0.15, 0.2) is 14.6 Å². The van der Waals surface area contributed by atoms with E-state index in [1.54, 1.807) is 12.1 Å². The zero-order valence-electron chi connectivity index (χ0n) is 17.7. The maximum absolute atomic E-state index is 13.5. The van der Waals surface area contributed by atoms with E-state index in [4.69, 9.17) is 11.6 Å². The lowest BCUT2D eigenvalue weighted by Crippen LogP contribution is -2.47. The fourth-order valence-electron chi connectivity index (χ4n) is 4.47. The van der Waals surface area contributed by atoms with Crippen LogP contribution in [0, 0.1) is 0 Å². The Labute approximate surface area is 189 Å². The first-order valence-corrected chi connectivity index (χ1v) is 12.5. The maximum Gasteiger partial charge on any atom is 0.246 e. The molecule has 31 heavy (non-hydrogen) atoms. The van der Waals surface area contributed by atoms with E-state index in [1.807, 2.05) is 24.3 Å². The largest absolute Gasteiger partial charge is 0.369 e. The van der Waals surface area contributed by atoms with Crippen molar-refractivity contribution in [3.8, 4) is 0 Å². The van der Waals surface area contributed by atoms with Gasteiger partial charge in [0.1, 0.15) is 0 Å². The average Bonchev–Trinajstić information content (AvgIpc) is 3.27. The molecule has 0 bridgehead atoms. The van der Waals surface area contributed by atoms with E-state index < -0.39 is 20.5 Å². The van der Waals surface area contributed by atoms with E-state index in [0.29, 0.717) is 36.4 Å². The van der Waals surface area contributed by atoms with Crippen molar-refractivity contribution in [1.82, 2.24) is 4.90 Å². The standard InChI is InChI=1S/C23H28ClN3O3S/c1-26-14-16-27(17-15-26)20-8-6-19(7-9-20)25-22(28)23(12-2-3-13-23)31(29,30)21-10-4-18(24)5-11-21/h4-11H,2-3,12-17H2,1H3,(H,25,28). The molecular formula is C23H28ClN3O3S. The number of anilines is 2. The molecular weight excluding hydrogens is 434 g/mol. The fourth-order valence-corrected chi connectivity index (χ4v) is 6.66. The van der Waals surface area contributed by atoms with Crippen molar-refractivity contribution in [2.45, 2.75) is 35.3 Å². The molecule has 1 N–H and O–H groups in total. The molecule has 1 aliphatic carbocycles. The van der Waals surface area contributed by atoms with Crippen molar-refractivity contribution >= 4 is 38.7 Å². The molecule has 2 aromatic rings. The van der Waals surface area contributed by atoms with Crippen molar-refractivity contribution in [2.75, 3.05) is 43.4 Å². The van der Waals surface area contributed by atoms with Crippen molar-refractivity contribution < 1.29 is 13.2 Å². The normalized spacial score (nSPS) is 19.4. The van der Waals surface area contributed by atoms with E-state index in [-0.39, 0.29) is 4.90 Å². The summed E-state index contributed by atoms with van der Waals surface area (Å²) in [6, 6.07) is 13.7. The van der Waals surface area contributed by atoms with E-state index in [1.165, 1.54) is 12.1 Å². The smallest absolute Gasteiger partial charge is 0.246 e. The Hall–Kier alpha value is -2.09. The number of likely N-dealkylation sites (N-methyl/N-ethyl adjacent to an activating group) is 1. The number of carbonyl (C=O) groups is 1. The number of halogens is 1. The number of hydrogen-bond acceptors (Lipinski definition) is 5. The van der Waals surface area contributed by atoms with Crippen LogP contribution in [0.4, 0.5) is 11.4 Å². The predicted octanol–water partition coefficient (Wildman–Crippen LogP) is 3.82. The first kappa shape index (κ1) is 22.1. The summed E-state index contributed by atoms with van der Waals surface area (Å²) in [5.74, 6) is -0.452. The summed E-state index contributed by atoms with van der Waals surface area (Å²) in [7, 11) is -1.73. The molecule has 0 radical (unpaired) electrons. The molecule has 1 saturated carbocycles. The Morgan fingerprint density at radius 1 is 0.935 bits per heavy atom. The Bertz CT molecular complexity index is 1020. The molecule has 0 atom stereocenters. The van der Waals surface area contributed by atoms with E-state index in [2.05, 4.69) is 22.2 Å². The number of sulfone groups is 1. The van der Waals surface area contributed by atoms with Crippen LogP contribution in [-0.4, -0.2) is 57.2 Å². The molecule has 0 spiro atoms. The third kappa shape index (κ3) is 4.31. The molecule has 1 heterocycles. The molecule has 2 fully saturated rings. The molecule has 4 rings (SSSR count). The van der Waals surface area contributed by atoms with Gasteiger partial charge in [0, 0.05) is 42.6 Å². The minimum absolute atomic E-state index is 0.138. The second-order valence-corrected chi connectivity index (χ2v) is 11.1. The fraction of sp³-hybridized carbons (Fsp3) is 0.435. The number of piperazine rings is 1. The molecule has 2 aliphatic rings. The molecule has 2 aromatic carbocycles. The van der Waals surface area contributed by atoms with Crippen LogP contribution in [-0.2, 0) is 14.6 Å². The van der Waals surface area contributed by atoms with Crippen molar-refractivity contribution in [1.29, 1.82) is 0 Å². The third-order valence-electron chi connectivity index (χ3n) is 6.46. The minimum atomic E-state index is -3.85. The van der Waals surface area contributed by atoms with Gasteiger partial charge in [-0.2, -0.15) is 0 Å². The number of hydrogen-bond donors (Lipinski definition) is 1. The number of rotatable bonds is 5. The summed E-state index contributed by atoms with van der Waals surface area (Å²) in [5, 5.41) is 3.34. The quantitative estimate of drug-likeness (QED) is 0.733. The first-order chi connectivity index (χ1) is 14.8. The van der Waals surface area contributed by atoms with Crippen LogP contribution in [0.2, 0.25) is 5.02 Å². The Kier molecular flexibility index (Phi) is 6.28. The Morgan fingerprint density at radius 2 is 1.52 bits per heavy atom. The van der Waals surface area contributed by atoms with Gasteiger partial charge in [-0.05, 0) is 68.4 Å². The molecule has 1 aliphatic heterocycles. The minimum Gasteiger partial charge on any atom is -0.369 e. The molecule has 0 unspecified atom stereocenters. The highest BCUT2D eigenvalue weighted by Crippen LogP contribution is 2.41. The number of carbonyl (C=O) groups excluding carboxylic acids is 1. The summed E-state index contributed by atoms with van der Waals surface area (Å²) in [6.07, 6.45) is 2.07. The van der Waals surface area contributed by atoms with Crippen molar-refractivity contribution in [3.05, 3.63) is 53.6 Å². The summed E-state index contributed by atoms with van der Waals surface area (Å²) < 4.78 is 25.5. The molecule has 6 nitrogen and oxygen atoms in total. The van der Waals surface area contributed by atoms with Crippen molar-refractivity contribution in [2.24, 2.45) is 0 Å². The van der Waals surface area contributed by atoms with Gasteiger partial charge in [0.2, 0.25) is 5.91 Å². The average molecular weight is 462 g/mol. The second kappa shape index (κ2) is 8.81. The molecule has 1 amide bonds. The highest BCUT2D eigenvalue weighted by atomic mass is 35.5. The molecule has 0 aromatic heterocycles. The van der Waals surface area contributed by atoms with Gasteiger partial charge >= 0.3 is 0 Å². The number of nitrogens with zero attached hydrogens (tertiary/aromatic N) is 2. The Morgan fingerprint density at radius 3 is 2.10 bits per heavy atom. The zero-order chi connectivity index (χ0) is 22.1. The topological polar surface area (TPSA) is 69.7 Å². The SMILES string of the molecule is CN1CCN(c2ccc(NC(=O)C3(S(=O)(=O)c4ccc(Cl)cc4)CCCC3)cc2)CC1. The van der Waals surface area contributed by atoms with Gasteiger partial charge in [-0.15, -0.1) is 0 Å². The number of amides is 1. The van der Waals surface area contributed by atoms with E-state index in [9.17, 15) is 13.2 Å². The number of nitrogens with one attached hydrogen (secondary N) is 1. The lowest BCUT2D eigenvalue weighted by atomic mass is 10.1. The second-order valence-electron chi connectivity index (χ2n) is 8.45. The van der Waals surface area contributed by atoms with Gasteiger partial charge in [-0.25, -0.2) is 8.42 Å². The van der Waals surface area contributed by atoms with Gasteiger partial charge in [0.05, 0.1) is 4.90 Å². The van der Waals surface area contributed by atoms with Crippen LogP contribution in [0.1, 0.15) is 25.7 Å². The van der Waals surface area contributed by atoms with E-state index in [0.717, 1.165) is 31.9 Å². The van der Waals surface area contributed by atoms with Gasteiger partial charge in [0.25, 0.3) is 0 Å². The maximum atomic E-state index is 13.5. The lowest BCUT2D eigenvalue weighted by Gasteiger charge is -2.34. The summed E-state index contributed by atoms with van der Waals surface area (Å²) in [5.41, 5.74) is 1.72. The molecule has 1 saturated heterocycles. The third-order valence-corrected chi connectivity index (χ3v) is 9.22. The van der Waals surface area contributed by atoms with Gasteiger partial charge in [-0.3, -0.25) is 4.79 Å². The summed E-state index contributed by atoms with van der Waals surface area (Å²) >= 11 is 5.92. The summed E-state index contributed by atoms with van der Waals surface area (Å²) in [6.45, 7) is 3.96. The van der Waals surface area contributed by atoms with Gasteiger partial charge in [-0.1, -0.05) is 24.4 Å². The van der Waals surface area contributed by atoms with Crippen LogP contribution in [0.15, 0.2) is 53.4 Å². The lowest BCUT2D eigenvalue weighted by molar-refractivity contribution is -0.118. The summed E-state index contributed by atoms with van der Waals surface area (Å²) in [4.78, 5) is 18.1. The monoisotopic (exact) mass is 461 g/mol. The van der Waals surface area contributed by atoms with Crippen LogP contribution in [0.25, 0.3) is 0 Å². The Balaban J connectivity index is 1.53. The van der Waals surface area contributed by atoms with Crippen LogP contribution in [0.5, 0.6) is 0 Å². The molecule has 8 heteroatoms. The highest BCUT2D eigenvalue weighted by molar-refractivity contribution is 7.93. The van der Waals surface area contributed by atoms with E-state index >= 15 is 0 Å². The predicted molar refractivity (Wildman–Crippen MR) is 125 cm³/mol. The van der Waals surface area contributed by atoms with Crippen LogP contribution in [0.3, 0.4) is 0 Å². The molecule has 166 valence electrons.